The number of amides is 1. The standard InChI is InChI=1S/C17H18FN3O3/c1-10-6-7-21(15(8-10)17(23)24)16(22)14-9-13(19-20-14)11-2-4-12(18)5-3-11/h2-5,9-10,15H,6-8H2,1H3,(H,19,20)(H,23,24). The number of aromatic nitrogens is 2. The minimum atomic E-state index is -0.992. The van der Waals surface area contributed by atoms with Crippen LogP contribution in [0.1, 0.15) is 30.3 Å². The maximum absolute atomic E-state index is 13.0. The van der Waals surface area contributed by atoms with Gasteiger partial charge in [-0.3, -0.25) is 9.89 Å². The van der Waals surface area contributed by atoms with Crippen LogP contribution in [0.3, 0.4) is 0 Å². The number of aromatic amines is 1. The Morgan fingerprint density at radius 1 is 1.33 bits per heavy atom. The van der Waals surface area contributed by atoms with Gasteiger partial charge in [-0.05, 0) is 49.1 Å². The summed E-state index contributed by atoms with van der Waals surface area (Å²) in [6, 6.07) is 6.52. The predicted octanol–water partition coefficient (Wildman–Crippen LogP) is 2.54. The fraction of sp³-hybridized carbons (Fsp3) is 0.353. The lowest BCUT2D eigenvalue weighted by molar-refractivity contribution is -0.144. The van der Waals surface area contributed by atoms with Crippen LogP contribution in [0.5, 0.6) is 0 Å². The second-order valence-electron chi connectivity index (χ2n) is 6.16. The summed E-state index contributed by atoms with van der Waals surface area (Å²) in [5.74, 6) is -1.45. The highest BCUT2D eigenvalue weighted by atomic mass is 19.1. The summed E-state index contributed by atoms with van der Waals surface area (Å²) >= 11 is 0. The number of likely N-dealkylation sites (tertiary alicyclic amines) is 1. The molecular weight excluding hydrogens is 313 g/mol. The van der Waals surface area contributed by atoms with Gasteiger partial charge in [0, 0.05) is 12.1 Å². The zero-order valence-corrected chi connectivity index (χ0v) is 13.2. The Labute approximate surface area is 138 Å². The number of carboxylic acid groups (broad SMARTS) is 1. The molecule has 1 aromatic carbocycles. The van der Waals surface area contributed by atoms with Gasteiger partial charge in [-0.15, -0.1) is 0 Å². The molecule has 2 heterocycles. The molecule has 2 atom stereocenters. The van der Waals surface area contributed by atoms with Crippen LogP contribution in [0, 0.1) is 11.7 Å². The van der Waals surface area contributed by atoms with Crippen molar-refractivity contribution in [3.8, 4) is 11.3 Å². The molecule has 1 aliphatic heterocycles. The number of piperidine rings is 1. The molecule has 2 aromatic rings. The molecule has 2 unspecified atom stereocenters. The van der Waals surface area contributed by atoms with Gasteiger partial charge in [-0.25, -0.2) is 9.18 Å². The van der Waals surface area contributed by atoms with Crippen molar-refractivity contribution in [3.63, 3.8) is 0 Å². The molecule has 6 nitrogen and oxygen atoms in total. The largest absolute Gasteiger partial charge is 0.480 e. The van der Waals surface area contributed by atoms with Crippen molar-refractivity contribution in [2.24, 2.45) is 5.92 Å². The molecule has 1 fully saturated rings. The van der Waals surface area contributed by atoms with E-state index in [1.807, 2.05) is 6.92 Å². The highest BCUT2D eigenvalue weighted by molar-refractivity contribution is 5.96. The van der Waals surface area contributed by atoms with Gasteiger partial charge in [0.2, 0.25) is 0 Å². The molecule has 0 saturated carbocycles. The van der Waals surface area contributed by atoms with E-state index in [2.05, 4.69) is 10.2 Å². The number of carboxylic acids is 1. The van der Waals surface area contributed by atoms with E-state index in [9.17, 15) is 19.1 Å². The first-order valence-electron chi connectivity index (χ1n) is 7.81. The molecule has 3 rings (SSSR count). The highest BCUT2D eigenvalue weighted by Crippen LogP contribution is 2.25. The molecule has 1 aliphatic rings. The van der Waals surface area contributed by atoms with Gasteiger partial charge in [0.25, 0.3) is 5.91 Å². The first-order valence-corrected chi connectivity index (χ1v) is 7.81. The van der Waals surface area contributed by atoms with Crippen LogP contribution in [0.15, 0.2) is 30.3 Å². The number of halogens is 1. The Morgan fingerprint density at radius 3 is 2.71 bits per heavy atom. The van der Waals surface area contributed by atoms with Crippen molar-refractivity contribution < 1.29 is 19.1 Å². The second kappa shape index (κ2) is 6.43. The van der Waals surface area contributed by atoms with Crippen LogP contribution in [0.2, 0.25) is 0 Å². The normalized spacial score (nSPS) is 20.8. The number of nitrogens with zero attached hydrogens (tertiary/aromatic N) is 2. The number of nitrogens with one attached hydrogen (secondary N) is 1. The summed E-state index contributed by atoms with van der Waals surface area (Å²) in [5, 5.41) is 16.1. The molecule has 0 bridgehead atoms. The lowest BCUT2D eigenvalue weighted by Crippen LogP contribution is -2.49. The molecular formula is C17H18FN3O3. The SMILES string of the molecule is CC1CCN(C(=O)c2cc(-c3ccc(F)cc3)n[nH]2)C(C(=O)O)C1. The van der Waals surface area contributed by atoms with Gasteiger partial charge < -0.3 is 10.0 Å². The van der Waals surface area contributed by atoms with Crippen molar-refractivity contribution >= 4 is 11.9 Å². The highest BCUT2D eigenvalue weighted by Gasteiger charge is 2.35. The first-order chi connectivity index (χ1) is 11.5. The quantitative estimate of drug-likeness (QED) is 0.905. The smallest absolute Gasteiger partial charge is 0.326 e. The number of carbonyl (C=O) groups excluding carboxylic acids is 1. The van der Waals surface area contributed by atoms with E-state index >= 15 is 0 Å². The van der Waals surface area contributed by atoms with Gasteiger partial charge >= 0.3 is 5.97 Å². The van der Waals surface area contributed by atoms with Gasteiger partial charge in [0.15, 0.2) is 0 Å². The van der Waals surface area contributed by atoms with Crippen LogP contribution >= 0.6 is 0 Å². The van der Waals surface area contributed by atoms with Crippen LogP contribution in [-0.4, -0.2) is 44.7 Å². The van der Waals surface area contributed by atoms with Crippen molar-refractivity contribution in [1.82, 2.24) is 15.1 Å². The third kappa shape index (κ3) is 3.15. The maximum Gasteiger partial charge on any atom is 0.326 e. The fourth-order valence-corrected chi connectivity index (χ4v) is 2.97. The molecule has 1 amide bonds. The van der Waals surface area contributed by atoms with Gasteiger partial charge in [0.1, 0.15) is 17.6 Å². The molecule has 2 N–H and O–H groups in total. The minimum absolute atomic E-state index is 0.232. The number of aliphatic carboxylic acids is 1. The van der Waals surface area contributed by atoms with E-state index in [4.69, 9.17) is 0 Å². The molecule has 126 valence electrons. The Morgan fingerprint density at radius 2 is 2.04 bits per heavy atom. The number of rotatable bonds is 3. The van der Waals surface area contributed by atoms with Crippen molar-refractivity contribution in [2.75, 3.05) is 6.54 Å². The molecule has 0 spiro atoms. The zero-order chi connectivity index (χ0) is 17.3. The molecule has 1 aromatic heterocycles. The summed E-state index contributed by atoms with van der Waals surface area (Å²) in [7, 11) is 0. The summed E-state index contributed by atoms with van der Waals surface area (Å²) in [6.07, 6.45) is 1.22. The number of hydrogen-bond acceptors (Lipinski definition) is 3. The Bertz CT molecular complexity index is 757. The average molecular weight is 331 g/mol. The van der Waals surface area contributed by atoms with Crippen LogP contribution in [0.25, 0.3) is 11.3 Å². The van der Waals surface area contributed by atoms with Crippen molar-refractivity contribution in [1.29, 1.82) is 0 Å². The summed E-state index contributed by atoms with van der Waals surface area (Å²) in [6.45, 7) is 2.39. The monoisotopic (exact) mass is 331 g/mol. The Hall–Kier alpha value is -2.70. The number of benzene rings is 1. The summed E-state index contributed by atoms with van der Waals surface area (Å²) in [4.78, 5) is 25.5. The summed E-state index contributed by atoms with van der Waals surface area (Å²) in [5.41, 5.74) is 1.42. The minimum Gasteiger partial charge on any atom is -0.480 e. The van der Waals surface area contributed by atoms with Crippen LogP contribution < -0.4 is 0 Å². The van der Waals surface area contributed by atoms with Crippen molar-refractivity contribution in [3.05, 3.63) is 41.8 Å². The van der Waals surface area contributed by atoms with E-state index in [-0.39, 0.29) is 23.3 Å². The third-order valence-corrected chi connectivity index (χ3v) is 4.36. The molecule has 0 radical (unpaired) electrons. The van der Waals surface area contributed by atoms with E-state index in [0.717, 1.165) is 6.42 Å². The molecule has 1 saturated heterocycles. The third-order valence-electron chi connectivity index (χ3n) is 4.36. The molecule has 24 heavy (non-hydrogen) atoms. The fourth-order valence-electron chi connectivity index (χ4n) is 2.97. The lowest BCUT2D eigenvalue weighted by atomic mass is 9.92. The van der Waals surface area contributed by atoms with Gasteiger partial charge in [-0.2, -0.15) is 5.10 Å². The zero-order valence-electron chi connectivity index (χ0n) is 13.2. The topological polar surface area (TPSA) is 86.3 Å². The lowest BCUT2D eigenvalue weighted by Gasteiger charge is -2.35. The number of carbonyl (C=O) groups is 2. The Kier molecular flexibility index (Phi) is 4.33. The Balaban J connectivity index is 1.82. The molecule has 0 aliphatic carbocycles. The van der Waals surface area contributed by atoms with Crippen LogP contribution in [0.4, 0.5) is 4.39 Å². The number of H-pyrrole nitrogens is 1. The number of hydrogen-bond donors (Lipinski definition) is 2. The van der Waals surface area contributed by atoms with E-state index in [1.54, 1.807) is 18.2 Å². The average Bonchev–Trinajstić information content (AvgIpc) is 3.04. The first kappa shape index (κ1) is 16.2. The van der Waals surface area contributed by atoms with Crippen LogP contribution in [-0.2, 0) is 4.79 Å². The van der Waals surface area contributed by atoms with E-state index < -0.39 is 12.0 Å². The van der Waals surface area contributed by atoms with Gasteiger partial charge in [-0.1, -0.05) is 6.92 Å². The maximum atomic E-state index is 13.0. The van der Waals surface area contributed by atoms with Crippen molar-refractivity contribution in [2.45, 2.75) is 25.8 Å². The van der Waals surface area contributed by atoms with E-state index in [1.165, 1.54) is 17.0 Å². The van der Waals surface area contributed by atoms with Gasteiger partial charge in [0.05, 0.1) is 5.69 Å². The van der Waals surface area contributed by atoms with E-state index in [0.29, 0.717) is 24.2 Å². The molecule has 7 heteroatoms. The summed E-state index contributed by atoms with van der Waals surface area (Å²) < 4.78 is 13.0. The second-order valence-corrected chi connectivity index (χ2v) is 6.16. The predicted molar refractivity (Wildman–Crippen MR) is 84.8 cm³/mol.